The highest BCUT2D eigenvalue weighted by molar-refractivity contribution is 14.1. The number of ether oxygens (including phenoxy) is 1. The molecule has 0 amide bonds. The molecule has 0 saturated carbocycles. The molecule has 0 fully saturated rings. The second kappa shape index (κ2) is 5.23. The van der Waals surface area contributed by atoms with Gasteiger partial charge in [-0.05, 0) is 40.8 Å². The average molecular weight is 389 g/mol. The minimum atomic E-state index is -2.76. The summed E-state index contributed by atoms with van der Waals surface area (Å²) in [7, 11) is 0. The summed E-state index contributed by atoms with van der Waals surface area (Å²) in [6, 6.07) is 6.50. The van der Waals surface area contributed by atoms with E-state index in [2.05, 4.69) is 42.9 Å². The standard InChI is InChI=1S/C11H6F2IN5O/c12-10(13)11-17-16-8-3-4-9(18-19(8)11)20-6-1-2-7(14)15-5-6/h1-5,10H. The van der Waals surface area contributed by atoms with Crippen molar-refractivity contribution in [2.75, 3.05) is 0 Å². The lowest BCUT2D eigenvalue weighted by atomic mass is 10.4. The molecule has 9 heteroatoms. The maximum Gasteiger partial charge on any atom is 0.299 e. The number of nitrogens with zero attached hydrogens (tertiary/aromatic N) is 5. The first kappa shape index (κ1) is 13.1. The van der Waals surface area contributed by atoms with E-state index in [1.165, 1.54) is 18.3 Å². The third-order valence-electron chi connectivity index (χ3n) is 2.38. The van der Waals surface area contributed by atoms with Crippen molar-refractivity contribution < 1.29 is 13.5 Å². The fraction of sp³-hybridized carbons (Fsp3) is 0.0909. The van der Waals surface area contributed by atoms with Crippen molar-refractivity contribution in [2.45, 2.75) is 6.43 Å². The molecule has 0 atom stereocenters. The van der Waals surface area contributed by atoms with Crippen LogP contribution in [0.4, 0.5) is 8.78 Å². The Morgan fingerprint density at radius 3 is 2.70 bits per heavy atom. The summed E-state index contributed by atoms with van der Waals surface area (Å²) in [4.78, 5) is 4.06. The molecule has 102 valence electrons. The van der Waals surface area contributed by atoms with Crippen LogP contribution in [0.2, 0.25) is 0 Å². The number of fused-ring (bicyclic) bond motifs is 1. The average Bonchev–Trinajstić information content (AvgIpc) is 2.84. The van der Waals surface area contributed by atoms with Crippen LogP contribution < -0.4 is 4.74 Å². The number of hydrogen-bond acceptors (Lipinski definition) is 5. The van der Waals surface area contributed by atoms with E-state index in [4.69, 9.17) is 4.74 Å². The Hall–Kier alpha value is -1.91. The fourth-order valence-corrected chi connectivity index (χ4v) is 1.84. The first-order valence-corrected chi connectivity index (χ1v) is 6.51. The lowest BCUT2D eigenvalue weighted by Gasteiger charge is -2.04. The summed E-state index contributed by atoms with van der Waals surface area (Å²) in [5.74, 6) is 0.0948. The Balaban J connectivity index is 1.95. The van der Waals surface area contributed by atoms with E-state index >= 15 is 0 Å². The van der Waals surface area contributed by atoms with Crippen LogP contribution in [0.1, 0.15) is 12.2 Å². The van der Waals surface area contributed by atoms with Gasteiger partial charge in [0.15, 0.2) is 5.65 Å². The molecule has 6 nitrogen and oxygen atoms in total. The van der Waals surface area contributed by atoms with Gasteiger partial charge in [0.2, 0.25) is 11.7 Å². The molecule has 0 spiro atoms. The molecule has 0 bridgehead atoms. The molecule has 0 aromatic carbocycles. The highest BCUT2D eigenvalue weighted by atomic mass is 127. The molecule has 0 N–H and O–H groups in total. The topological polar surface area (TPSA) is 65.2 Å². The van der Waals surface area contributed by atoms with Crippen molar-refractivity contribution in [3.63, 3.8) is 0 Å². The quantitative estimate of drug-likeness (QED) is 0.509. The van der Waals surface area contributed by atoms with Crippen molar-refractivity contribution in [1.29, 1.82) is 0 Å². The Bertz CT molecular complexity index is 746. The number of pyridine rings is 1. The fourth-order valence-electron chi connectivity index (χ4n) is 1.52. The smallest absolute Gasteiger partial charge is 0.299 e. The molecule has 0 aliphatic rings. The van der Waals surface area contributed by atoms with Gasteiger partial charge in [0, 0.05) is 6.07 Å². The number of halogens is 3. The molecule has 20 heavy (non-hydrogen) atoms. The molecular formula is C11H6F2IN5O. The third-order valence-corrected chi connectivity index (χ3v) is 3.02. The second-order valence-corrected chi connectivity index (χ2v) is 4.82. The monoisotopic (exact) mass is 389 g/mol. The van der Waals surface area contributed by atoms with Gasteiger partial charge < -0.3 is 4.74 Å². The molecule has 0 unspecified atom stereocenters. The molecule has 3 aromatic heterocycles. The Kier molecular flexibility index (Phi) is 3.42. The molecule has 3 rings (SSSR count). The Labute approximate surface area is 124 Å². The van der Waals surface area contributed by atoms with Gasteiger partial charge in [0.1, 0.15) is 9.45 Å². The number of aromatic nitrogens is 5. The van der Waals surface area contributed by atoms with Gasteiger partial charge in [-0.2, -0.15) is 4.52 Å². The van der Waals surface area contributed by atoms with E-state index in [1.807, 2.05) is 0 Å². The summed E-state index contributed by atoms with van der Waals surface area (Å²) in [5.41, 5.74) is 0.230. The van der Waals surface area contributed by atoms with Crippen LogP contribution in [0.15, 0.2) is 30.5 Å². The zero-order chi connectivity index (χ0) is 14.1. The van der Waals surface area contributed by atoms with Crippen LogP contribution in [-0.2, 0) is 0 Å². The van der Waals surface area contributed by atoms with Crippen molar-refractivity contribution in [2.24, 2.45) is 0 Å². The highest BCUT2D eigenvalue weighted by Crippen LogP contribution is 2.21. The van der Waals surface area contributed by atoms with Crippen LogP contribution in [0, 0.1) is 3.70 Å². The molecule has 3 heterocycles. The predicted molar refractivity (Wildman–Crippen MR) is 72.8 cm³/mol. The summed E-state index contributed by atoms with van der Waals surface area (Å²) in [6.45, 7) is 0. The van der Waals surface area contributed by atoms with Crippen LogP contribution in [0.25, 0.3) is 5.65 Å². The SMILES string of the molecule is FC(F)c1nnc2ccc(Oc3ccc(I)nc3)nn12. The number of rotatable bonds is 3. The molecule has 0 aliphatic carbocycles. The van der Waals surface area contributed by atoms with Gasteiger partial charge in [0.05, 0.1) is 6.20 Å². The van der Waals surface area contributed by atoms with E-state index < -0.39 is 12.2 Å². The zero-order valence-corrected chi connectivity index (χ0v) is 11.9. The second-order valence-electron chi connectivity index (χ2n) is 3.72. The van der Waals surface area contributed by atoms with E-state index in [1.54, 1.807) is 12.1 Å². The summed E-state index contributed by atoms with van der Waals surface area (Å²) in [5, 5.41) is 10.9. The van der Waals surface area contributed by atoms with Crippen LogP contribution in [0.3, 0.4) is 0 Å². The van der Waals surface area contributed by atoms with Crippen LogP contribution >= 0.6 is 22.6 Å². The van der Waals surface area contributed by atoms with E-state index in [9.17, 15) is 8.78 Å². The first-order chi connectivity index (χ1) is 9.63. The normalized spacial score (nSPS) is 11.2. The zero-order valence-electron chi connectivity index (χ0n) is 9.74. The lowest BCUT2D eigenvalue weighted by molar-refractivity contribution is 0.137. The van der Waals surface area contributed by atoms with Crippen LogP contribution in [0.5, 0.6) is 11.6 Å². The summed E-state index contributed by atoms with van der Waals surface area (Å²) >= 11 is 2.06. The lowest BCUT2D eigenvalue weighted by Crippen LogP contribution is -2.01. The molecule has 0 saturated heterocycles. The summed E-state index contributed by atoms with van der Waals surface area (Å²) < 4.78 is 32.7. The summed E-state index contributed by atoms with van der Waals surface area (Å²) in [6.07, 6.45) is -1.24. The van der Waals surface area contributed by atoms with Gasteiger partial charge in [-0.25, -0.2) is 13.8 Å². The van der Waals surface area contributed by atoms with Gasteiger partial charge >= 0.3 is 0 Å². The Morgan fingerprint density at radius 2 is 2.00 bits per heavy atom. The van der Waals surface area contributed by atoms with Crippen LogP contribution in [-0.4, -0.2) is 24.8 Å². The van der Waals surface area contributed by atoms with Gasteiger partial charge in [-0.3, -0.25) is 0 Å². The van der Waals surface area contributed by atoms with Gasteiger partial charge in [-0.1, -0.05) is 0 Å². The maximum atomic E-state index is 12.7. The predicted octanol–water partition coefficient (Wildman–Crippen LogP) is 2.85. The van der Waals surface area contributed by atoms with Crippen molar-refractivity contribution in [3.05, 3.63) is 40.0 Å². The molecular weight excluding hydrogens is 383 g/mol. The van der Waals surface area contributed by atoms with Gasteiger partial charge in [0.25, 0.3) is 6.43 Å². The van der Waals surface area contributed by atoms with Gasteiger partial charge in [-0.15, -0.1) is 15.3 Å². The number of hydrogen-bond donors (Lipinski definition) is 0. The Morgan fingerprint density at radius 1 is 1.15 bits per heavy atom. The van der Waals surface area contributed by atoms with E-state index in [0.29, 0.717) is 5.75 Å². The number of alkyl halides is 2. The highest BCUT2D eigenvalue weighted by Gasteiger charge is 2.17. The van der Waals surface area contributed by atoms with Crippen molar-refractivity contribution in [1.82, 2.24) is 24.8 Å². The minimum absolute atomic E-state index is 0.155. The van der Waals surface area contributed by atoms with E-state index in [-0.39, 0.29) is 11.5 Å². The first-order valence-electron chi connectivity index (χ1n) is 5.43. The maximum absolute atomic E-state index is 12.7. The molecule has 0 aliphatic heterocycles. The third kappa shape index (κ3) is 2.53. The van der Waals surface area contributed by atoms with Crippen molar-refractivity contribution in [3.8, 4) is 11.6 Å². The largest absolute Gasteiger partial charge is 0.436 e. The molecule has 3 aromatic rings. The van der Waals surface area contributed by atoms with E-state index in [0.717, 1.165) is 8.22 Å². The van der Waals surface area contributed by atoms with Crippen molar-refractivity contribution >= 4 is 28.2 Å². The minimum Gasteiger partial charge on any atom is -0.436 e. The molecule has 0 radical (unpaired) electrons.